The van der Waals surface area contributed by atoms with Gasteiger partial charge in [0.25, 0.3) is 0 Å². The van der Waals surface area contributed by atoms with Gasteiger partial charge in [0.05, 0.1) is 68.0 Å². The number of hydrogen-bond acceptors (Lipinski definition) is 11. The smallest absolute Gasteiger partial charge is 0.407 e. The molecule has 1 aromatic carbocycles. The Labute approximate surface area is 348 Å². The lowest BCUT2D eigenvalue weighted by molar-refractivity contribution is -0.142. The number of hydrogen-bond donors (Lipinski definition) is 4. The third-order valence-corrected chi connectivity index (χ3v) is 13.1. The first-order valence-electron chi connectivity index (χ1n) is 20.6. The number of aromatic amines is 2. The molecule has 2 saturated carbocycles. The van der Waals surface area contributed by atoms with Crippen molar-refractivity contribution in [3.63, 3.8) is 0 Å². The highest BCUT2D eigenvalue weighted by molar-refractivity contribution is 5.88. The Morgan fingerprint density at radius 3 is 1.50 bits per heavy atom. The van der Waals surface area contributed by atoms with Crippen molar-refractivity contribution in [1.29, 1.82) is 0 Å². The molecular weight excluding hydrogens is 771 g/mol. The second-order valence-corrected chi connectivity index (χ2v) is 16.3. The molecule has 60 heavy (non-hydrogen) atoms. The average molecular weight is 824 g/mol. The van der Waals surface area contributed by atoms with Gasteiger partial charge in [0.15, 0.2) is 0 Å². The van der Waals surface area contributed by atoms with E-state index in [1.165, 1.54) is 28.4 Å². The van der Waals surface area contributed by atoms with E-state index in [0.717, 1.165) is 78.1 Å². The van der Waals surface area contributed by atoms with Crippen molar-refractivity contribution < 1.29 is 38.1 Å². The number of benzene rings is 1. The molecule has 4 fully saturated rings. The van der Waals surface area contributed by atoms with E-state index in [-0.39, 0.29) is 47.8 Å². The number of methoxy groups -OCH3 is 4. The lowest BCUT2D eigenvalue weighted by Crippen LogP contribution is -2.56. The molecule has 4 N–H and O–H groups in total. The van der Waals surface area contributed by atoms with Gasteiger partial charge in [-0.15, -0.1) is 0 Å². The zero-order valence-electron chi connectivity index (χ0n) is 34.7. The molecule has 4 aromatic rings. The predicted molar refractivity (Wildman–Crippen MR) is 218 cm³/mol. The summed E-state index contributed by atoms with van der Waals surface area (Å²) < 4.78 is 20.6. The molecule has 2 saturated heterocycles. The first-order chi connectivity index (χ1) is 29.0. The van der Waals surface area contributed by atoms with Crippen LogP contribution in [0.1, 0.15) is 76.1 Å². The van der Waals surface area contributed by atoms with Gasteiger partial charge in [0.2, 0.25) is 11.8 Å². The van der Waals surface area contributed by atoms with Gasteiger partial charge in [-0.1, -0.05) is 24.3 Å². The van der Waals surface area contributed by atoms with Crippen LogP contribution in [0.2, 0.25) is 0 Å². The minimum Gasteiger partial charge on any atom is -0.453 e. The van der Waals surface area contributed by atoms with Crippen LogP contribution < -0.4 is 10.6 Å². The number of likely N-dealkylation sites (tertiary alicyclic amines) is 2. The Hall–Kier alpha value is -5.81. The molecule has 5 heterocycles. The summed E-state index contributed by atoms with van der Waals surface area (Å²) in [5.74, 6) is 1.51. The topological polar surface area (TPSA) is 206 Å². The summed E-state index contributed by atoms with van der Waals surface area (Å²) in [6.45, 7) is 3.51. The first-order valence-corrected chi connectivity index (χ1v) is 20.6. The minimum atomic E-state index is -0.903. The van der Waals surface area contributed by atoms with Crippen molar-refractivity contribution in [3.05, 3.63) is 66.6 Å². The van der Waals surface area contributed by atoms with E-state index in [1.807, 2.05) is 52.4 Å². The highest BCUT2D eigenvalue weighted by Crippen LogP contribution is 2.51. The van der Waals surface area contributed by atoms with Crippen LogP contribution in [-0.2, 0) is 28.5 Å². The number of imidazole rings is 2. The molecule has 17 nitrogen and oxygen atoms in total. The van der Waals surface area contributed by atoms with E-state index in [1.54, 1.807) is 26.2 Å². The molecule has 10 atom stereocenters. The van der Waals surface area contributed by atoms with Crippen LogP contribution in [-0.4, -0.2) is 124 Å². The highest BCUT2D eigenvalue weighted by Gasteiger charge is 2.53. The number of pyridine rings is 1. The lowest BCUT2D eigenvalue weighted by atomic mass is 9.97. The SMILES string of the molecule is COC(=O)N[C@H](C(=O)N1[C@@H]2CC[C@H](C2)[C@H]1c1ncc(-c2ccc(-c3ccc(-c4cnc([C@@H]5[C@@H]6CC[C@H](C6)N5C(=O)[C@@H](NC(=O)OC)[C@@H](C)OC)[nH]4)cn3)cc2)[nH]1)[C@@H](C)OC. The van der Waals surface area contributed by atoms with Crippen LogP contribution in [0.5, 0.6) is 0 Å². The third-order valence-electron chi connectivity index (χ3n) is 13.1. The largest absolute Gasteiger partial charge is 0.453 e. The van der Waals surface area contributed by atoms with Gasteiger partial charge in [0, 0.05) is 43.6 Å². The summed E-state index contributed by atoms with van der Waals surface area (Å²) in [6, 6.07) is 9.85. The quantitative estimate of drug-likeness (QED) is 0.139. The van der Waals surface area contributed by atoms with Crippen molar-refractivity contribution in [2.75, 3.05) is 28.4 Å². The standard InChI is InChI=1S/C43H53N9O8/c1-22(57-3)34(49-42(55)59-5)40(53)51-29-14-11-26(17-29)36(51)38-45-20-32(47-38)25-9-7-24(8-10-25)31-16-13-28(19-44-31)33-21-46-39(48-33)37-27-12-15-30(18-27)52(37)41(54)35(23(2)58-4)50-43(56)60-6/h7-10,13,16,19-23,26-27,29-30,34-37H,11-12,14-15,17-18H2,1-6H3,(H,45,47)(H,46,48)(H,49,55)(H,50,56)/t22-,23-,26-,27-,29-,30-,34+,35+,36+,37+/m1/s1. The number of nitrogens with one attached hydrogen (secondary N) is 4. The predicted octanol–water partition coefficient (Wildman–Crippen LogP) is 5.15. The van der Waals surface area contributed by atoms with E-state index >= 15 is 0 Å². The Morgan fingerprint density at radius 1 is 0.617 bits per heavy atom. The maximum Gasteiger partial charge on any atom is 0.407 e. The maximum atomic E-state index is 14.0. The zero-order valence-corrected chi connectivity index (χ0v) is 34.7. The second-order valence-electron chi connectivity index (χ2n) is 16.3. The van der Waals surface area contributed by atoms with Gasteiger partial charge in [-0.25, -0.2) is 19.6 Å². The monoisotopic (exact) mass is 823 g/mol. The van der Waals surface area contributed by atoms with Gasteiger partial charge < -0.3 is 49.3 Å². The number of carbonyl (C=O) groups excluding carboxylic acids is 4. The molecule has 17 heteroatoms. The van der Waals surface area contributed by atoms with Gasteiger partial charge in [-0.3, -0.25) is 14.6 Å². The molecule has 4 amide bonds. The summed E-state index contributed by atoms with van der Waals surface area (Å²) in [7, 11) is 5.56. The van der Waals surface area contributed by atoms with E-state index in [2.05, 4.69) is 20.6 Å². The molecule has 0 radical (unpaired) electrons. The van der Waals surface area contributed by atoms with Crippen LogP contribution in [0.15, 0.2) is 55.0 Å². The summed E-state index contributed by atoms with van der Waals surface area (Å²) >= 11 is 0. The molecule has 4 bridgehead atoms. The van der Waals surface area contributed by atoms with E-state index in [0.29, 0.717) is 5.82 Å². The Bertz CT molecular complexity index is 2040. The number of fused-ring (bicyclic) bond motifs is 4. The number of piperidine rings is 2. The number of carbonyl (C=O) groups is 4. The summed E-state index contributed by atoms with van der Waals surface area (Å²) in [5, 5.41) is 5.35. The summed E-state index contributed by atoms with van der Waals surface area (Å²) in [5.41, 5.74) is 5.16. The molecule has 8 rings (SSSR count). The molecular formula is C43H53N9O8. The van der Waals surface area contributed by atoms with Gasteiger partial charge >= 0.3 is 12.2 Å². The number of ether oxygens (including phenoxy) is 4. The van der Waals surface area contributed by atoms with Crippen LogP contribution in [0.4, 0.5) is 9.59 Å². The normalized spacial score (nSPS) is 24.8. The van der Waals surface area contributed by atoms with Gasteiger partial charge in [-0.2, -0.15) is 0 Å². The van der Waals surface area contributed by atoms with Crippen molar-refractivity contribution >= 4 is 24.0 Å². The number of rotatable bonds is 13. The fourth-order valence-corrected chi connectivity index (χ4v) is 9.85. The molecule has 318 valence electrons. The van der Waals surface area contributed by atoms with Gasteiger partial charge in [0.1, 0.15) is 23.7 Å². The van der Waals surface area contributed by atoms with E-state index in [9.17, 15) is 19.2 Å². The molecule has 3 aromatic heterocycles. The lowest BCUT2D eigenvalue weighted by Gasteiger charge is -2.37. The molecule has 0 unspecified atom stereocenters. The zero-order chi connectivity index (χ0) is 42.2. The van der Waals surface area contributed by atoms with Crippen LogP contribution in [0.25, 0.3) is 33.8 Å². The number of amides is 4. The van der Waals surface area contributed by atoms with Crippen LogP contribution in [0.3, 0.4) is 0 Å². The third kappa shape index (κ3) is 7.59. The highest BCUT2D eigenvalue weighted by atomic mass is 16.5. The maximum absolute atomic E-state index is 14.0. The van der Waals surface area contributed by atoms with Crippen molar-refractivity contribution in [3.8, 4) is 33.8 Å². The van der Waals surface area contributed by atoms with E-state index in [4.69, 9.17) is 33.9 Å². The van der Waals surface area contributed by atoms with E-state index < -0.39 is 36.5 Å². The van der Waals surface area contributed by atoms with Crippen molar-refractivity contribution in [1.82, 2.24) is 45.4 Å². The second kappa shape index (κ2) is 17.0. The number of aromatic nitrogens is 5. The first kappa shape index (κ1) is 40.9. The van der Waals surface area contributed by atoms with Crippen LogP contribution >= 0.6 is 0 Å². The van der Waals surface area contributed by atoms with Crippen LogP contribution in [0, 0.1) is 11.8 Å². The molecule has 4 aliphatic rings. The fraction of sp³-hybridized carbons (Fsp3) is 0.512. The van der Waals surface area contributed by atoms with Gasteiger partial charge in [-0.05, 0) is 81.9 Å². The number of alkyl carbamates (subject to hydrolysis) is 2. The number of nitrogens with zero attached hydrogens (tertiary/aromatic N) is 5. The summed E-state index contributed by atoms with van der Waals surface area (Å²) in [6.07, 6.45) is 8.46. The number of H-pyrrole nitrogens is 2. The average Bonchev–Trinajstić information content (AvgIpc) is 4.16. The Kier molecular flexibility index (Phi) is 11.6. The van der Waals surface area contributed by atoms with Crippen molar-refractivity contribution in [2.45, 2.75) is 101 Å². The summed E-state index contributed by atoms with van der Waals surface area (Å²) in [4.78, 5) is 77.4. The minimum absolute atomic E-state index is 0.0552. The Balaban J connectivity index is 0.953. The molecule has 2 aliphatic carbocycles. The Morgan fingerprint density at radius 2 is 1.07 bits per heavy atom. The molecule has 2 aliphatic heterocycles. The fourth-order valence-electron chi connectivity index (χ4n) is 9.85. The molecule has 0 spiro atoms. The van der Waals surface area contributed by atoms with Crippen molar-refractivity contribution in [2.24, 2.45) is 11.8 Å².